The van der Waals surface area contributed by atoms with Gasteiger partial charge in [-0.1, -0.05) is 19.1 Å². The molecule has 1 aromatic rings. The lowest BCUT2D eigenvalue weighted by Gasteiger charge is -2.34. The van der Waals surface area contributed by atoms with Gasteiger partial charge in [-0.2, -0.15) is 0 Å². The molecule has 0 bridgehead atoms. The van der Waals surface area contributed by atoms with Gasteiger partial charge in [0.25, 0.3) is 0 Å². The molecule has 2 aliphatic rings. The third-order valence-electron chi connectivity index (χ3n) is 4.37. The van der Waals surface area contributed by atoms with Crippen molar-refractivity contribution in [3.63, 3.8) is 0 Å². The maximum absolute atomic E-state index is 10.3. The Bertz CT molecular complexity index is 444. The zero-order chi connectivity index (χ0) is 14.1. The summed E-state index contributed by atoms with van der Waals surface area (Å²) >= 11 is 0. The van der Waals surface area contributed by atoms with Gasteiger partial charge in [-0.25, -0.2) is 0 Å². The fourth-order valence-electron chi connectivity index (χ4n) is 2.58. The minimum absolute atomic E-state index is 0.231. The van der Waals surface area contributed by atoms with E-state index in [1.54, 1.807) is 0 Å². The number of aliphatic hydroxyl groups is 1. The van der Waals surface area contributed by atoms with E-state index in [2.05, 4.69) is 11.8 Å². The van der Waals surface area contributed by atoms with Crippen molar-refractivity contribution in [1.82, 2.24) is 4.90 Å². The van der Waals surface area contributed by atoms with Gasteiger partial charge in [0.15, 0.2) is 0 Å². The number of nitrogens with zero attached hydrogens (tertiary/aromatic N) is 1. The Morgan fingerprint density at radius 2 is 2.00 bits per heavy atom. The average molecular weight is 276 g/mol. The minimum Gasteiger partial charge on any atom is -0.490 e. The van der Waals surface area contributed by atoms with Gasteiger partial charge in [0.2, 0.25) is 0 Å². The lowest BCUT2D eigenvalue weighted by molar-refractivity contribution is 0.0955. The molecule has 2 fully saturated rings. The van der Waals surface area contributed by atoms with E-state index in [-0.39, 0.29) is 6.04 Å². The van der Waals surface area contributed by atoms with Crippen LogP contribution in [0.5, 0.6) is 5.75 Å². The number of ether oxygens (including phenoxy) is 1. The molecular weight excluding hydrogens is 252 g/mol. The van der Waals surface area contributed by atoms with Gasteiger partial charge in [0.1, 0.15) is 11.9 Å². The standard InChI is InChI=1S/C16H24N2O2/c1-11-9-15(11)20-13-5-3-12(4-6-13)16(19)14(17)10-18-7-2-8-18/h3-6,11,14-16,19H,2,7-10,17H2,1H3/t11?,14-,15?,16-/m1/s1. The molecule has 20 heavy (non-hydrogen) atoms. The Kier molecular flexibility index (Phi) is 3.96. The van der Waals surface area contributed by atoms with Crippen LogP contribution in [0.3, 0.4) is 0 Å². The second kappa shape index (κ2) is 5.72. The number of benzene rings is 1. The lowest BCUT2D eigenvalue weighted by Crippen LogP contribution is -2.47. The summed E-state index contributed by atoms with van der Waals surface area (Å²) in [4.78, 5) is 2.28. The zero-order valence-corrected chi connectivity index (χ0v) is 12.0. The molecule has 0 spiro atoms. The van der Waals surface area contributed by atoms with Gasteiger partial charge < -0.3 is 20.5 Å². The first-order chi connectivity index (χ1) is 9.63. The smallest absolute Gasteiger partial charge is 0.119 e. The Morgan fingerprint density at radius 3 is 2.50 bits per heavy atom. The normalized spacial score (nSPS) is 28.6. The summed E-state index contributed by atoms with van der Waals surface area (Å²) in [5.41, 5.74) is 6.95. The lowest BCUT2D eigenvalue weighted by atomic mass is 10.0. The van der Waals surface area contributed by atoms with Gasteiger partial charge in [0, 0.05) is 12.6 Å². The summed E-state index contributed by atoms with van der Waals surface area (Å²) < 4.78 is 5.80. The molecule has 0 aromatic heterocycles. The molecule has 2 unspecified atom stereocenters. The molecule has 1 heterocycles. The molecule has 1 saturated carbocycles. The highest BCUT2D eigenvalue weighted by molar-refractivity contribution is 5.29. The number of aliphatic hydroxyl groups excluding tert-OH is 1. The fraction of sp³-hybridized carbons (Fsp3) is 0.625. The monoisotopic (exact) mass is 276 g/mol. The molecular formula is C16H24N2O2. The number of rotatable bonds is 6. The molecule has 3 rings (SSSR count). The quantitative estimate of drug-likeness (QED) is 0.827. The van der Waals surface area contributed by atoms with Crippen LogP contribution in [0, 0.1) is 5.92 Å². The Hall–Kier alpha value is -1.10. The molecule has 1 aliphatic heterocycles. The van der Waals surface area contributed by atoms with Crippen LogP contribution in [0.25, 0.3) is 0 Å². The van der Waals surface area contributed by atoms with Crippen molar-refractivity contribution in [2.75, 3.05) is 19.6 Å². The highest BCUT2D eigenvalue weighted by Gasteiger charge is 2.34. The zero-order valence-electron chi connectivity index (χ0n) is 12.0. The molecule has 1 saturated heterocycles. The summed E-state index contributed by atoms with van der Waals surface area (Å²) in [5.74, 6) is 1.55. The van der Waals surface area contributed by atoms with E-state index in [1.165, 1.54) is 6.42 Å². The fourth-order valence-corrected chi connectivity index (χ4v) is 2.58. The highest BCUT2D eigenvalue weighted by atomic mass is 16.5. The molecule has 0 amide bonds. The number of hydrogen-bond acceptors (Lipinski definition) is 4. The van der Waals surface area contributed by atoms with Crippen molar-refractivity contribution in [3.8, 4) is 5.75 Å². The maximum atomic E-state index is 10.3. The minimum atomic E-state index is -0.607. The molecule has 1 aromatic carbocycles. The molecule has 4 nitrogen and oxygen atoms in total. The number of nitrogens with two attached hydrogens (primary N) is 1. The van der Waals surface area contributed by atoms with Gasteiger partial charge in [-0.15, -0.1) is 0 Å². The van der Waals surface area contributed by atoms with Gasteiger partial charge >= 0.3 is 0 Å². The van der Waals surface area contributed by atoms with Crippen LogP contribution in [0.4, 0.5) is 0 Å². The third-order valence-corrected chi connectivity index (χ3v) is 4.37. The predicted molar refractivity (Wildman–Crippen MR) is 78.6 cm³/mol. The van der Waals surface area contributed by atoms with Crippen molar-refractivity contribution in [2.24, 2.45) is 11.7 Å². The van der Waals surface area contributed by atoms with E-state index < -0.39 is 6.10 Å². The van der Waals surface area contributed by atoms with Crippen LogP contribution >= 0.6 is 0 Å². The van der Waals surface area contributed by atoms with Crippen LogP contribution < -0.4 is 10.5 Å². The highest BCUT2D eigenvalue weighted by Crippen LogP contribution is 2.34. The maximum Gasteiger partial charge on any atom is 0.119 e. The molecule has 110 valence electrons. The van der Waals surface area contributed by atoms with Gasteiger partial charge in [-0.05, 0) is 49.5 Å². The van der Waals surface area contributed by atoms with Gasteiger partial charge in [-0.3, -0.25) is 0 Å². The average Bonchev–Trinajstić information content (AvgIpc) is 3.09. The Balaban J connectivity index is 1.55. The SMILES string of the molecule is CC1CC1Oc1ccc([C@@H](O)[C@H](N)CN2CCC2)cc1. The van der Waals surface area contributed by atoms with E-state index in [0.717, 1.165) is 37.4 Å². The van der Waals surface area contributed by atoms with Crippen molar-refractivity contribution < 1.29 is 9.84 Å². The van der Waals surface area contributed by atoms with E-state index in [4.69, 9.17) is 10.5 Å². The van der Waals surface area contributed by atoms with Crippen molar-refractivity contribution >= 4 is 0 Å². The number of hydrogen-bond donors (Lipinski definition) is 2. The van der Waals surface area contributed by atoms with E-state index in [9.17, 15) is 5.11 Å². The van der Waals surface area contributed by atoms with Gasteiger partial charge in [0.05, 0.1) is 6.10 Å². The van der Waals surface area contributed by atoms with E-state index >= 15 is 0 Å². The molecule has 3 N–H and O–H groups in total. The largest absolute Gasteiger partial charge is 0.490 e. The summed E-state index contributed by atoms with van der Waals surface area (Å²) in [6, 6.07) is 7.47. The van der Waals surface area contributed by atoms with Crippen molar-refractivity contribution in [3.05, 3.63) is 29.8 Å². The van der Waals surface area contributed by atoms with Crippen LogP contribution in [0.1, 0.15) is 31.4 Å². The van der Waals surface area contributed by atoms with Crippen LogP contribution in [0.2, 0.25) is 0 Å². The summed E-state index contributed by atoms with van der Waals surface area (Å²) in [6.07, 6.45) is 2.16. The molecule has 4 atom stereocenters. The van der Waals surface area contributed by atoms with E-state index in [1.807, 2.05) is 24.3 Å². The third kappa shape index (κ3) is 3.14. The first-order valence-electron chi connectivity index (χ1n) is 7.56. The first kappa shape index (κ1) is 13.9. The van der Waals surface area contributed by atoms with Crippen molar-refractivity contribution in [2.45, 2.75) is 38.0 Å². The molecule has 0 radical (unpaired) electrons. The second-order valence-electron chi connectivity index (χ2n) is 6.20. The van der Waals surface area contributed by atoms with Crippen molar-refractivity contribution in [1.29, 1.82) is 0 Å². The topological polar surface area (TPSA) is 58.7 Å². The first-order valence-corrected chi connectivity index (χ1v) is 7.56. The predicted octanol–water partition coefficient (Wildman–Crippen LogP) is 1.54. The summed E-state index contributed by atoms with van der Waals surface area (Å²) in [5, 5.41) is 10.3. The Morgan fingerprint density at radius 1 is 1.35 bits per heavy atom. The van der Waals surface area contributed by atoms with E-state index in [0.29, 0.717) is 12.0 Å². The summed E-state index contributed by atoms with van der Waals surface area (Å²) in [6.45, 7) is 5.16. The summed E-state index contributed by atoms with van der Waals surface area (Å²) in [7, 11) is 0. The molecule has 1 aliphatic carbocycles. The number of likely N-dealkylation sites (tertiary alicyclic amines) is 1. The molecule has 4 heteroatoms. The second-order valence-corrected chi connectivity index (χ2v) is 6.20. The van der Waals surface area contributed by atoms with Crippen LogP contribution in [-0.2, 0) is 0 Å². The van der Waals surface area contributed by atoms with Crippen LogP contribution in [-0.4, -0.2) is 41.8 Å². The van der Waals surface area contributed by atoms with Crippen LogP contribution in [0.15, 0.2) is 24.3 Å². The Labute approximate surface area is 120 Å².